The molecular formula is C14H15BrN4O2. The van der Waals surface area contributed by atoms with Crippen molar-refractivity contribution in [3.63, 3.8) is 0 Å². The zero-order valence-electron chi connectivity index (χ0n) is 11.4. The molecule has 0 radical (unpaired) electrons. The summed E-state index contributed by atoms with van der Waals surface area (Å²) in [4.78, 5) is 4.27. The zero-order valence-corrected chi connectivity index (χ0v) is 13.0. The lowest BCUT2D eigenvalue weighted by atomic mass is 9.98. The molecule has 0 aliphatic carbocycles. The minimum atomic E-state index is 0.243. The molecule has 0 saturated heterocycles. The number of hydrogen-bond donors (Lipinski definition) is 3. The number of nitrogens with two attached hydrogens (primary N) is 3. The maximum atomic E-state index is 6.16. The fraction of sp³-hybridized carbons (Fsp3) is 0.214. The van der Waals surface area contributed by atoms with Crippen molar-refractivity contribution in [1.29, 1.82) is 0 Å². The Morgan fingerprint density at radius 1 is 1.38 bits per heavy atom. The lowest BCUT2D eigenvalue weighted by Gasteiger charge is -2.24. The van der Waals surface area contributed by atoms with Gasteiger partial charge in [0.1, 0.15) is 5.82 Å². The normalized spacial score (nSPS) is 12.3. The first-order chi connectivity index (χ1) is 10.0. The van der Waals surface area contributed by atoms with Crippen LogP contribution in [-0.2, 0) is 13.0 Å². The van der Waals surface area contributed by atoms with Gasteiger partial charge in [0.15, 0.2) is 11.5 Å². The molecule has 0 spiro atoms. The minimum Gasteiger partial charge on any atom is -0.493 e. The number of rotatable bonds is 2. The molecule has 0 bridgehead atoms. The number of benzene rings is 1. The topological polar surface area (TPSA) is 109 Å². The predicted molar refractivity (Wildman–Crippen MR) is 84.5 cm³/mol. The Labute approximate surface area is 130 Å². The molecule has 0 unspecified atom stereocenters. The number of halogens is 1. The van der Waals surface area contributed by atoms with Crippen LogP contribution in [0.5, 0.6) is 17.4 Å². The second-order valence-corrected chi connectivity index (χ2v) is 5.67. The van der Waals surface area contributed by atoms with Crippen LogP contribution >= 0.6 is 15.9 Å². The number of ether oxygens (including phenoxy) is 2. The van der Waals surface area contributed by atoms with Gasteiger partial charge in [-0.25, -0.2) is 0 Å². The first kappa shape index (κ1) is 14.0. The molecule has 1 aromatic heterocycles. The van der Waals surface area contributed by atoms with Crippen LogP contribution in [0.3, 0.4) is 0 Å². The Balaban J connectivity index is 2.17. The maximum Gasteiger partial charge on any atom is 0.227 e. The molecule has 1 aromatic carbocycles. The van der Waals surface area contributed by atoms with Crippen LogP contribution in [0.4, 0.5) is 11.5 Å². The number of nitrogens with zero attached hydrogens (tertiary/aromatic N) is 1. The molecule has 2 aromatic rings. The lowest BCUT2D eigenvalue weighted by Crippen LogP contribution is -2.15. The van der Waals surface area contributed by atoms with Gasteiger partial charge < -0.3 is 26.7 Å². The van der Waals surface area contributed by atoms with Gasteiger partial charge in [0.25, 0.3) is 0 Å². The second kappa shape index (κ2) is 5.09. The quantitative estimate of drug-likeness (QED) is 0.653. The SMILES string of the molecule is COc1cc(Br)cc2c1Oc1nc(N)c(CN)c(N)c1C2. The largest absolute Gasteiger partial charge is 0.493 e. The fourth-order valence-electron chi connectivity index (χ4n) is 2.46. The Kier molecular flexibility index (Phi) is 3.38. The van der Waals surface area contributed by atoms with Crippen molar-refractivity contribution in [2.75, 3.05) is 18.6 Å². The molecule has 6 nitrogen and oxygen atoms in total. The predicted octanol–water partition coefficient (Wildman–Crippen LogP) is 2.17. The summed E-state index contributed by atoms with van der Waals surface area (Å²) in [5, 5.41) is 0. The summed E-state index contributed by atoms with van der Waals surface area (Å²) < 4.78 is 12.1. The first-order valence-corrected chi connectivity index (χ1v) is 7.15. The van der Waals surface area contributed by atoms with E-state index in [0.717, 1.165) is 15.6 Å². The number of aromatic nitrogens is 1. The molecule has 21 heavy (non-hydrogen) atoms. The van der Waals surface area contributed by atoms with E-state index in [1.165, 1.54) is 0 Å². The van der Waals surface area contributed by atoms with E-state index < -0.39 is 0 Å². The van der Waals surface area contributed by atoms with Gasteiger partial charge in [-0.1, -0.05) is 15.9 Å². The van der Waals surface area contributed by atoms with Crippen molar-refractivity contribution in [2.24, 2.45) is 5.73 Å². The highest BCUT2D eigenvalue weighted by atomic mass is 79.9. The average Bonchev–Trinajstić information content (AvgIpc) is 2.45. The Morgan fingerprint density at radius 2 is 2.14 bits per heavy atom. The van der Waals surface area contributed by atoms with Crippen LogP contribution in [0.1, 0.15) is 16.7 Å². The number of nitrogen functional groups attached to an aromatic ring is 2. The van der Waals surface area contributed by atoms with Gasteiger partial charge in [-0.15, -0.1) is 0 Å². The molecule has 0 fully saturated rings. The Bertz CT molecular complexity index is 734. The van der Waals surface area contributed by atoms with E-state index >= 15 is 0 Å². The standard InChI is InChI=1S/C14H15BrN4O2/c1-20-10-4-7(15)2-6-3-8-11(17)9(5-16)13(18)19-14(8)21-12(6)10/h2,4H,3,5,16H2,1H3,(H4,17,18,19). The first-order valence-electron chi connectivity index (χ1n) is 6.36. The number of methoxy groups -OCH3 is 1. The lowest BCUT2D eigenvalue weighted by molar-refractivity contribution is 0.365. The summed E-state index contributed by atoms with van der Waals surface area (Å²) in [5.74, 6) is 1.98. The zero-order chi connectivity index (χ0) is 15.1. The van der Waals surface area contributed by atoms with Crippen LogP contribution in [0.25, 0.3) is 0 Å². The average molecular weight is 351 g/mol. The highest BCUT2D eigenvalue weighted by molar-refractivity contribution is 9.10. The van der Waals surface area contributed by atoms with Gasteiger partial charge in [0.05, 0.1) is 7.11 Å². The highest BCUT2D eigenvalue weighted by Crippen LogP contribution is 2.45. The summed E-state index contributed by atoms with van der Waals surface area (Å²) in [6.45, 7) is 0.243. The molecule has 1 aliphatic heterocycles. The van der Waals surface area contributed by atoms with E-state index in [1.807, 2.05) is 12.1 Å². The second-order valence-electron chi connectivity index (χ2n) is 4.75. The van der Waals surface area contributed by atoms with E-state index in [2.05, 4.69) is 20.9 Å². The van der Waals surface area contributed by atoms with Crippen molar-refractivity contribution in [1.82, 2.24) is 4.98 Å². The molecule has 6 N–H and O–H groups in total. The third-order valence-corrected chi connectivity index (χ3v) is 3.98. The molecule has 1 aliphatic rings. The summed E-state index contributed by atoms with van der Waals surface area (Å²) in [6, 6.07) is 3.81. The third-order valence-electron chi connectivity index (χ3n) is 3.53. The Morgan fingerprint density at radius 3 is 2.81 bits per heavy atom. The van der Waals surface area contributed by atoms with E-state index in [1.54, 1.807) is 7.11 Å². The van der Waals surface area contributed by atoms with Crippen molar-refractivity contribution in [3.8, 4) is 17.4 Å². The summed E-state index contributed by atoms with van der Waals surface area (Å²) >= 11 is 3.46. The van der Waals surface area contributed by atoms with E-state index in [0.29, 0.717) is 40.9 Å². The smallest absolute Gasteiger partial charge is 0.227 e. The molecule has 110 valence electrons. The molecule has 2 heterocycles. The molecule has 7 heteroatoms. The monoisotopic (exact) mass is 350 g/mol. The van der Waals surface area contributed by atoms with E-state index in [4.69, 9.17) is 26.7 Å². The Hall–Kier alpha value is -1.99. The van der Waals surface area contributed by atoms with Crippen molar-refractivity contribution in [3.05, 3.63) is 33.3 Å². The third kappa shape index (κ3) is 2.18. The van der Waals surface area contributed by atoms with Gasteiger partial charge in [0.2, 0.25) is 5.88 Å². The maximum absolute atomic E-state index is 6.16. The molecule has 3 rings (SSSR count). The van der Waals surface area contributed by atoms with Gasteiger partial charge in [-0.05, 0) is 12.1 Å². The summed E-state index contributed by atoms with van der Waals surface area (Å²) in [5.41, 5.74) is 20.7. The van der Waals surface area contributed by atoms with Crippen molar-refractivity contribution < 1.29 is 9.47 Å². The highest BCUT2D eigenvalue weighted by Gasteiger charge is 2.26. The number of pyridine rings is 1. The van der Waals surface area contributed by atoms with Gasteiger partial charge >= 0.3 is 0 Å². The van der Waals surface area contributed by atoms with Crippen LogP contribution in [0, 0.1) is 0 Å². The van der Waals surface area contributed by atoms with Crippen molar-refractivity contribution >= 4 is 27.4 Å². The van der Waals surface area contributed by atoms with Crippen LogP contribution in [0.2, 0.25) is 0 Å². The van der Waals surface area contributed by atoms with E-state index in [-0.39, 0.29) is 6.54 Å². The molecule has 0 atom stereocenters. The van der Waals surface area contributed by atoms with Crippen molar-refractivity contribution in [2.45, 2.75) is 13.0 Å². The number of anilines is 2. The van der Waals surface area contributed by atoms with Crippen LogP contribution in [-0.4, -0.2) is 12.1 Å². The minimum absolute atomic E-state index is 0.243. The molecule has 0 saturated carbocycles. The van der Waals surface area contributed by atoms with Gasteiger partial charge in [-0.3, -0.25) is 0 Å². The number of fused-ring (bicyclic) bond motifs is 2. The molecule has 0 amide bonds. The number of hydrogen-bond acceptors (Lipinski definition) is 6. The van der Waals surface area contributed by atoms with Gasteiger partial charge in [-0.2, -0.15) is 4.98 Å². The van der Waals surface area contributed by atoms with Crippen LogP contribution < -0.4 is 26.7 Å². The summed E-state index contributed by atoms with van der Waals surface area (Å²) in [7, 11) is 1.59. The van der Waals surface area contributed by atoms with E-state index in [9.17, 15) is 0 Å². The fourth-order valence-corrected chi connectivity index (χ4v) is 2.94. The van der Waals surface area contributed by atoms with Crippen LogP contribution in [0.15, 0.2) is 16.6 Å². The van der Waals surface area contributed by atoms with Gasteiger partial charge in [0, 0.05) is 39.8 Å². The summed E-state index contributed by atoms with van der Waals surface area (Å²) in [6.07, 6.45) is 0.590. The molecular weight excluding hydrogens is 336 g/mol.